The molecule has 7 heteroatoms. The minimum Gasteiger partial charge on any atom is -0.371 e. The predicted octanol–water partition coefficient (Wildman–Crippen LogP) is 1.25. The van der Waals surface area contributed by atoms with Crippen molar-refractivity contribution < 1.29 is 14.3 Å². The molecule has 29 heavy (non-hydrogen) atoms. The number of fused-ring (bicyclic) bond motifs is 2. The van der Waals surface area contributed by atoms with Gasteiger partial charge in [0.15, 0.2) is 0 Å². The minimum atomic E-state index is -0.0843. The number of nitrogens with zero attached hydrogens (tertiary/aromatic N) is 3. The number of hydrogen-bond donors (Lipinski definition) is 1. The zero-order chi connectivity index (χ0) is 19.5. The van der Waals surface area contributed by atoms with Gasteiger partial charge in [-0.3, -0.25) is 4.79 Å². The Morgan fingerprint density at radius 2 is 1.76 bits per heavy atom. The average Bonchev–Trinajstić information content (AvgIpc) is 3.31. The first-order valence-corrected chi connectivity index (χ1v) is 10.9. The molecule has 0 bridgehead atoms. The van der Waals surface area contributed by atoms with E-state index in [1.807, 2.05) is 9.80 Å². The standard InChI is InChI=1S/C22H28N4O3/c27-21-13-29-20-5-6-24(12-19(20)23-21)22(28)26-10-17(11-26)14-1-3-18(4-2-14)25-8-15-7-16(15)9-25/h1-4,15-17,19-20H,5-13H2,(H,23,27)/t15?,16?,19-,20?/m1/s1. The molecule has 154 valence electrons. The van der Waals surface area contributed by atoms with Crippen molar-refractivity contribution in [1.82, 2.24) is 15.1 Å². The van der Waals surface area contributed by atoms with Gasteiger partial charge in [0, 0.05) is 50.9 Å². The zero-order valence-electron chi connectivity index (χ0n) is 16.6. The number of carbonyl (C=O) groups excluding carboxylic acids is 2. The quantitative estimate of drug-likeness (QED) is 0.817. The summed E-state index contributed by atoms with van der Waals surface area (Å²) < 4.78 is 5.59. The van der Waals surface area contributed by atoms with E-state index in [0.29, 0.717) is 19.0 Å². The lowest BCUT2D eigenvalue weighted by atomic mass is 9.91. The molecule has 4 atom stereocenters. The molecule has 5 aliphatic rings. The van der Waals surface area contributed by atoms with Gasteiger partial charge in [-0.2, -0.15) is 0 Å². The Kier molecular flexibility index (Phi) is 4.01. The fourth-order valence-corrected chi connectivity index (χ4v) is 5.49. The third-order valence-corrected chi connectivity index (χ3v) is 7.46. The van der Waals surface area contributed by atoms with Crippen LogP contribution in [0.5, 0.6) is 0 Å². The maximum absolute atomic E-state index is 12.9. The van der Waals surface area contributed by atoms with E-state index in [4.69, 9.17) is 4.74 Å². The van der Waals surface area contributed by atoms with Crippen molar-refractivity contribution >= 4 is 17.6 Å². The van der Waals surface area contributed by atoms with Gasteiger partial charge in [0.2, 0.25) is 5.91 Å². The summed E-state index contributed by atoms with van der Waals surface area (Å²) in [6, 6.07) is 9.00. The maximum Gasteiger partial charge on any atom is 0.320 e. The van der Waals surface area contributed by atoms with Gasteiger partial charge in [-0.05, 0) is 42.4 Å². The summed E-state index contributed by atoms with van der Waals surface area (Å²) >= 11 is 0. The molecular formula is C22H28N4O3. The number of rotatable bonds is 2. The second-order valence-corrected chi connectivity index (χ2v) is 9.40. The molecule has 3 amide bonds. The van der Waals surface area contributed by atoms with Crippen molar-refractivity contribution in [3.63, 3.8) is 0 Å². The lowest BCUT2D eigenvalue weighted by molar-refractivity contribution is -0.139. The number of ether oxygens (including phenoxy) is 1. The van der Waals surface area contributed by atoms with Crippen LogP contribution in [0, 0.1) is 11.8 Å². The average molecular weight is 396 g/mol. The van der Waals surface area contributed by atoms with Crippen molar-refractivity contribution in [3.05, 3.63) is 29.8 Å². The molecular weight excluding hydrogens is 368 g/mol. The molecule has 7 nitrogen and oxygen atoms in total. The number of nitrogens with one attached hydrogen (secondary N) is 1. The molecule has 4 saturated heterocycles. The van der Waals surface area contributed by atoms with Crippen molar-refractivity contribution in [2.24, 2.45) is 11.8 Å². The van der Waals surface area contributed by atoms with E-state index in [2.05, 4.69) is 34.5 Å². The van der Waals surface area contributed by atoms with Crippen molar-refractivity contribution in [1.29, 1.82) is 0 Å². The fraction of sp³-hybridized carbons (Fsp3) is 0.636. The Balaban J connectivity index is 1.03. The van der Waals surface area contributed by atoms with Gasteiger partial charge in [-0.1, -0.05) is 12.1 Å². The number of likely N-dealkylation sites (tertiary alicyclic amines) is 2. The number of carbonyl (C=O) groups is 2. The van der Waals surface area contributed by atoms with Gasteiger partial charge in [-0.25, -0.2) is 4.79 Å². The fourth-order valence-electron chi connectivity index (χ4n) is 5.49. The molecule has 1 aromatic carbocycles. The topological polar surface area (TPSA) is 65.1 Å². The Labute approximate surface area is 171 Å². The van der Waals surface area contributed by atoms with E-state index >= 15 is 0 Å². The lowest BCUT2D eigenvalue weighted by Crippen LogP contribution is -2.63. The first-order valence-electron chi connectivity index (χ1n) is 10.9. The van der Waals surface area contributed by atoms with Gasteiger partial charge < -0.3 is 24.8 Å². The number of amides is 3. The van der Waals surface area contributed by atoms with E-state index in [-0.39, 0.29) is 30.7 Å². The number of anilines is 1. The third kappa shape index (κ3) is 3.16. The van der Waals surface area contributed by atoms with Crippen LogP contribution < -0.4 is 10.2 Å². The van der Waals surface area contributed by atoms with Crippen LogP contribution in [0.15, 0.2) is 24.3 Å². The molecule has 1 saturated carbocycles. The molecule has 6 rings (SSSR count). The van der Waals surface area contributed by atoms with E-state index < -0.39 is 0 Å². The van der Waals surface area contributed by atoms with Crippen LogP contribution in [0.2, 0.25) is 0 Å². The highest BCUT2D eigenvalue weighted by molar-refractivity contribution is 5.79. The van der Waals surface area contributed by atoms with Gasteiger partial charge >= 0.3 is 6.03 Å². The van der Waals surface area contributed by atoms with E-state index in [9.17, 15) is 9.59 Å². The molecule has 0 radical (unpaired) electrons. The van der Waals surface area contributed by atoms with E-state index in [1.54, 1.807) is 0 Å². The molecule has 1 aliphatic carbocycles. The van der Waals surface area contributed by atoms with Crippen LogP contribution in [-0.4, -0.2) is 79.8 Å². The van der Waals surface area contributed by atoms with Crippen LogP contribution in [0.3, 0.4) is 0 Å². The number of piperidine rings is 2. The summed E-state index contributed by atoms with van der Waals surface area (Å²) in [5, 5.41) is 2.97. The minimum absolute atomic E-state index is 0.0425. The van der Waals surface area contributed by atoms with Crippen LogP contribution in [0.25, 0.3) is 0 Å². The van der Waals surface area contributed by atoms with Crippen molar-refractivity contribution in [2.75, 3.05) is 50.8 Å². The number of morpholine rings is 1. The monoisotopic (exact) mass is 396 g/mol. The Morgan fingerprint density at radius 3 is 2.52 bits per heavy atom. The number of benzene rings is 1. The Morgan fingerprint density at radius 1 is 1.00 bits per heavy atom. The first-order chi connectivity index (χ1) is 14.1. The normalized spacial score (nSPS) is 33.7. The van der Waals surface area contributed by atoms with E-state index in [0.717, 1.165) is 31.3 Å². The maximum atomic E-state index is 12.9. The molecule has 4 aliphatic heterocycles. The van der Waals surface area contributed by atoms with Crippen molar-refractivity contribution in [2.45, 2.75) is 30.9 Å². The van der Waals surface area contributed by atoms with Crippen LogP contribution >= 0.6 is 0 Å². The Hall–Kier alpha value is -2.28. The third-order valence-electron chi connectivity index (χ3n) is 7.46. The highest BCUT2D eigenvalue weighted by atomic mass is 16.5. The molecule has 3 unspecified atom stereocenters. The second kappa shape index (κ2) is 6.62. The van der Waals surface area contributed by atoms with Gasteiger partial charge in [0.05, 0.1) is 12.1 Å². The first kappa shape index (κ1) is 17.6. The number of hydrogen-bond acceptors (Lipinski definition) is 4. The smallest absolute Gasteiger partial charge is 0.320 e. The molecule has 0 spiro atoms. The molecule has 4 heterocycles. The zero-order valence-corrected chi connectivity index (χ0v) is 16.6. The van der Waals surface area contributed by atoms with E-state index in [1.165, 1.54) is 30.8 Å². The van der Waals surface area contributed by atoms with Crippen molar-refractivity contribution in [3.8, 4) is 0 Å². The van der Waals surface area contributed by atoms with Gasteiger partial charge in [0.1, 0.15) is 6.61 Å². The lowest BCUT2D eigenvalue weighted by Gasteiger charge is -2.46. The molecule has 1 N–H and O–H groups in total. The Bertz CT molecular complexity index is 812. The predicted molar refractivity (Wildman–Crippen MR) is 108 cm³/mol. The number of urea groups is 1. The van der Waals surface area contributed by atoms with Gasteiger partial charge in [0.25, 0.3) is 0 Å². The highest BCUT2D eigenvalue weighted by Crippen LogP contribution is 2.46. The summed E-state index contributed by atoms with van der Waals surface area (Å²) in [5.41, 5.74) is 2.67. The summed E-state index contributed by atoms with van der Waals surface area (Å²) in [4.78, 5) is 30.7. The highest BCUT2D eigenvalue weighted by Gasteiger charge is 2.45. The molecule has 0 aromatic heterocycles. The summed E-state index contributed by atoms with van der Waals surface area (Å²) in [7, 11) is 0. The SMILES string of the molecule is O=C1COC2CCN(C(=O)N3CC(c4ccc(N5CC6CC6C5)cc4)C3)C[C@H]2N1. The largest absolute Gasteiger partial charge is 0.371 e. The molecule has 5 fully saturated rings. The second-order valence-electron chi connectivity index (χ2n) is 9.40. The summed E-state index contributed by atoms with van der Waals surface area (Å²) in [6.45, 7) is 5.38. The van der Waals surface area contributed by atoms with Crippen LogP contribution in [0.1, 0.15) is 24.3 Å². The summed E-state index contributed by atoms with van der Waals surface area (Å²) in [6.07, 6.45) is 2.26. The van der Waals surface area contributed by atoms with Crippen LogP contribution in [-0.2, 0) is 9.53 Å². The molecule has 1 aromatic rings. The summed E-state index contributed by atoms with van der Waals surface area (Å²) in [5.74, 6) is 2.23. The van der Waals surface area contributed by atoms with Crippen LogP contribution in [0.4, 0.5) is 10.5 Å². The van der Waals surface area contributed by atoms with Gasteiger partial charge in [-0.15, -0.1) is 0 Å².